The van der Waals surface area contributed by atoms with Crippen LogP contribution in [0.3, 0.4) is 0 Å². The first-order chi connectivity index (χ1) is 8.08. The number of carbonyl (C=O) groups is 1. The Kier molecular flexibility index (Phi) is 3.62. The van der Waals surface area contributed by atoms with Crippen molar-refractivity contribution >= 4 is 23.4 Å². The second-order valence-corrected chi connectivity index (χ2v) is 6.05. The summed E-state index contributed by atoms with van der Waals surface area (Å²) in [6.07, 6.45) is 0. The second-order valence-electron chi connectivity index (χ2n) is 4.50. The number of nitrogen functional groups attached to an aromatic ring is 1. The minimum absolute atomic E-state index is 0.101. The fourth-order valence-corrected chi connectivity index (χ4v) is 2.97. The van der Waals surface area contributed by atoms with Gasteiger partial charge in [0.1, 0.15) is 0 Å². The van der Waals surface area contributed by atoms with Crippen LogP contribution >= 0.6 is 11.8 Å². The van der Waals surface area contributed by atoms with Gasteiger partial charge in [0, 0.05) is 35.3 Å². The van der Waals surface area contributed by atoms with Gasteiger partial charge < -0.3 is 10.6 Å². The average Bonchev–Trinajstić information content (AvgIpc) is 2.32. The highest BCUT2D eigenvalue weighted by Gasteiger charge is 2.22. The Morgan fingerprint density at radius 1 is 1.53 bits per heavy atom. The van der Waals surface area contributed by atoms with Crippen LogP contribution in [0.25, 0.3) is 0 Å². The van der Waals surface area contributed by atoms with Gasteiger partial charge >= 0.3 is 0 Å². The monoisotopic (exact) mass is 250 g/mol. The molecule has 1 aromatic carbocycles. The molecule has 17 heavy (non-hydrogen) atoms. The molecular weight excluding hydrogens is 232 g/mol. The molecule has 4 heteroatoms. The van der Waals surface area contributed by atoms with Crippen molar-refractivity contribution in [3.05, 3.63) is 29.3 Å². The number of aryl methyl sites for hydroxylation is 1. The molecule has 1 atom stereocenters. The zero-order valence-electron chi connectivity index (χ0n) is 10.3. The number of hydrogen-bond acceptors (Lipinski definition) is 3. The van der Waals surface area contributed by atoms with E-state index in [1.54, 1.807) is 6.07 Å². The van der Waals surface area contributed by atoms with Crippen molar-refractivity contribution in [1.82, 2.24) is 4.90 Å². The molecule has 1 aromatic rings. The number of amides is 1. The highest BCUT2D eigenvalue weighted by molar-refractivity contribution is 7.99. The predicted octanol–water partition coefficient (Wildman–Crippen LogP) is 2.15. The molecule has 0 aromatic heterocycles. The number of nitrogens with zero attached hydrogens (tertiary/aromatic N) is 1. The van der Waals surface area contributed by atoms with Crippen LogP contribution < -0.4 is 5.73 Å². The molecule has 2 rings (SSSR count). The van der Waals surface area contributed by atoms with Crippen LogP contribution in [0.5, 0.6) is 0 Å². The summed E-state index contributed by atoms with van der Waals surface area (Å²) in [6, 6.07) is 5.55. The standard InChI is InChI=1S/C13H18N2OS/c1-9-3-4-11(7-12(9)14)13(16)15-5-6-17-10(2)8-15/h3-4,7,10H,5-6,8,14H2,1-2H3. The Bertz CT molecular complexity index is 433. The molecule has 0 aliphatic carbocycles. The predicted molar refractivity (Wildman–Crippen MR) is 73.4 cm³/mol. The Balaban J connectivity index is 2.15. The molecule has 1 fully saturated rings. The van der Waals surface area contributed by atoms with Crippen molar-refractivity contribution in [2.75, 3.05) is 24.6 Å². The molecule has 1 aliphatic heterocycles. The Labute approximate surface area is 106 Å². The molecule has 1 aliphatic rings. The number of carbonyl (C=O) groups excluding carboxylic acids is 1. The third kappa shape index (κ3) is 2.75. The molecule has 0 bridgehead atoms. The molecule has 3 nitrogen and oxygen atoms in total. The van der Waals surface area contributed by atoms with Crippen LogP contribution in [0.15, 0.2) is 18.2 Å². The fourth-order valence-electron chi connectivity index (χ4n) is 1.96. The van der Waals surface area contributed by atoms with Crippen LogP contribution in [0.4, 0.5) is 5.69 Å². The Hall–Kier alpha value is -1.16. The van der Waals surface area contributed by atoms with Crippen molar-refractivity contribution in [3.8, 4) is 0 Å². The molecule has 0 saturated carbocycles. The summed E-state index contributed by atoms with van der Waals surface area (Å²) >= 11 is 1.92. The van der Waals surface area contributed by atoms with E-state index in [1.165, 1.54) is 0 Å². The zero-order chi connectivity index (χ0) is 12.4. The summed E-state index contributed by atoms with van der Waals surface area (Å²) in [6.45, 7) is 5.77. The van der Waals surface area contributed by atoms with E-state index in [9.17, 15) is 4.79 Å². The topological polar surface area (TPSA) is 46.3 Å². The van der Waals surface area contributed by atoms with Crippen molar-refractivity contribution in [3.63, 3.8) is 0 Å². The first-order valence-corrected chi connectivity index (χ1v) is 6.90. The molecule has 2 N–H and O–H groups in total. The van der Waals surface area contributed by atoms with Gasteiger partial charge in [-0.1, -0.05) is 13.0 Å². The van der Waals surface area contributed by atoms with Gasteiger partial charge in [-0.2, -0.15) is 11.8 Å². The molecule has 0 radical (unpaired) electrons. The van der Waals surface area contributed by atoms with Crippen LogP contribution in [0.2, 0.25) is 0 Å². The normalized spacial score (nSPS) is 20.4. The lowest BCUT2D eigenvalue weighted by molar-refractivity contribution is 0.0763. The van der Waals surface area contributed by atoms with Crippen molar-refractivity contribution < 1.29 is 4.79 Å². The maximum atomic E-state index is 12.3. The van der Waals surface area contributed by atoms with Gasteiger partial charge in [-0.25, -0.2) is 0 Å². The van der Waals surface area contributed by atoms with Gasteiger partial charge in [0.25, 0.3) is 5.91 Å². The van der Waals surface area contributed by atoms with Crippen LogP contribution in [0.1, 0.15) is 22.8 Å². The first kappa shape index (κ1) is 12.3. The number of anilines is 1. The fraction of sp³-hybridized carbons (Fsp3) is 0.462. The molecule has 1 unspecified atom stereocenters. The molecule has 0 spiro atoms. The van der Waals surface area contributed by atoms with Gasteiger partial charge in [0.05, 0.1) is 0 Å². The highest BCUT2D eigenvalue weighted by Crippen LogP contribution is 2.21. The SMILES string of the molecule is Cc1ccc(C(=O)N2CCSC(C)C2)cc1N. The van der Waals surface area contributed by atoms with Gasteiger partial charge in [-0.05, 0) is 24.6 Å². The van der Waals surface area contributed by atoms with E-state index in [2.05, 4.69) is 6.92 Å². The summed E-state index contributed by atoms with van der Waals surface area (Å²) in [5.74, 6) is 1.12. The smallest absolute Gasteiger partial charge is 0.253 e. The minimum atomic E-state index is 0.101. The van der Waals surface area contributed by atoms with E-state index in [0.29, 0.717) is 16.5 Å². The average molecular weight is 250 g/mol. The maximum absolute atomic E-state index is 12.3. The summed E-state index contributed by atoms with van der Waals surface area (Å²) in [5, 5.41) is 0.524. The maximum Gasteiger partial charge on any atom is 0.253 e. The summed E-state index contributed by atoms with van der Waals surface area (Å²) in [4.78, 5) is 14.2. The number of nitrogens with two attached hydrogens (primary N) is 1. The molecule has 1 saturated heterocycles. The number of rotatable bonds is 1. The van der Waals surface area contributed by atoms with Crippen LogP contribution in [-0.2, 0) is 0 Å². The van der Waals surface area contributed by atoms with E-state index in [0.717, 1.165) is 24.4 Å². The molecule has 1 amide bonds. The molecule has 1 heterocycles. The Morgan fingerprint density at radius 2 is 2.29 bits per heavy atom. The van der Waals surface area contributed by atoms with Gasteiger partial charge in [-0.3, -0.25) is 4.79 Å². The van der Waals surface area contributed by atoms with E-state index in [-0.39, 0.29) is 5.91 Å². The Morgan fingerprint density at radius 3 is 2.94 bits per heavy atom. The van der Waals surface area contributed by atoms with Crippen LogP contribution in [0, 0.1) is 6.92 Å². The lowest BCUT2D eigenvalue weighted by Crippen LogP contribution is -2.41. The first-order valence-electron chi connectivity index (χ1n) is 5.85. The van der Waals surface area contributed by atoms with Crippen molar-refractivity contribution in [2.45, 2.75) is 19.1 Å². The van der Waals surface area contributed by atoms with E-state index < -0.39 is 0 Å². The summed E-state index contributed by atoms with van der Waals surface area (Å²) in [5.41, 5.74) is 8.25. The third-order valence-corrected chi connectivity index (χ3v) is 4.19. The van der Waals surface area contributed by atoms with Crippen molar-refractivity contribution in [2.24, 2.45) is 0 Å². The van der Waals surface area contributed by atoms with Gasteiger partial charge in [0.2, 0.25) is 0 Å². The van der Waals surface area contributed by atoms with E-state index >= 15 is 0 Å². The van der Waals surface area contributed by atoms with Gasteiger partial charge in [-0.15, -0.1) is 0 Å². The molecular formula is C13H18N2OS. The number of thioether (sulfide) groups is 1. The van der Waals surface area contributed by atoms with Crippen LogP contribution in [-0.4, -0.2) is 34.9 Å². The largest absolute Gasteiger partial charge is 0.398 e. The zero-order valence-corrected chi connectivity index (χ0v) is 11.1. The third-order valence-electron chi connectivity index (χ3n) is 3.05. The number of hydrogen-bond donors (Lipinski definition) is 1. The quantitative estimate of drug-likeness (QED) is 0.777. The summed E-state index contributed by atoms with van der Waals surface area (Å²) < 4.78 is 0. The van der Waals surface area contributed by atoms with E-state index in [4.69, 9.17) is 5.73 Å². The molecule has 92 valence electrons. The highest BCUT2D eigenvalue weighted by atomic mass is 32.2. The lowest BCUT2D eigenvalue weighted by Gasteiger charge is -2.30. The second kappa shape index (κ2) is 5.00. The minimum Gasteiger partial charge on any atom is -0.398 e. The lowest BCUT2D eigenvalue weighted by atomic mass is 10.1. The number of benzene rings is 1. The van der Waals surface area contributed by atoms with Crippen molar-refractivity contribution in [1.29, 1.82) is 0 Å². The summed E-state index contributed by atoms with van der Waals surface area (Å²) in [7, 11) is 0. The van der Waals surface area contributed by atoms with Gasteiger partial charge in [0.15, 0.2) is 0 Å². The van der Waals surface area contributed by atoms with E-state index in [1.807, 2.05) is 35.7 Å².